The van der Waals surface area contributed by atoms with Gasteiger partial charge in [-0.3, -0.25) is 14.9 Å². The largest absolute Gasteiger partial charge is 0.493 e. The molecule has 0 bridgehead atoms. The van der Waals surface area contributed by atoms with E-state index in [9.17, 15) is 14.9 Å². The van der Waals surface area contributed by atoms with Gasteiger partial charge in [0.05, 0.1) is 17.9 Å². The Bertz CT molecular complexity index is 1420. The Balaban J connectivity index is 1.25. The van der Waals surface area contributed by atoms with Gasteiger partial charge in [-0.15, -0.1) is 11.8 Å². The summed E-state index contributed by atoms with van der Waals surface area (Å²) in [7, 11) is 0. The lowest BCUT2D eigenvalue weighted by molar-refractivity contribution is -0.384. The van der Waals surface area contributed by atoms with Crippen molar-refractivity contribution in [3.8, 4) is 5.75 Å². The number of aromatic amines is 1. The maximum atomic E-state index is 12.1. The number of halogens is 1. The minimum atomic E-state index is -0.565. The third kappa shape index (κ3) is 6.52. The number of H-pyrrole nitrogens is 1. The fraction of sp³-hybridized carbons (Fsp3) is 0.0833. The molecule has 2 aromatic heterocycles. The summed E-state index contributed by atoms with van der Waals surface area (Å²) in [5.74, 6) is 1.16. The fourth-order valence-electron chi connectivity index (χ4n) is 3.01. The van der Waals surface area contributed by atoms with Gasteiger partial charge in [-0.2, -0.15) is 0 Å². The number of carbonyl (C=O) groups is 1. The van der Waals surface area contributed by atoms with Gasteiger partial charge in [-0.1, -0.05) is 42.0 Å². The van der Waals surface area contributed by atoms with Crippen LogP contribution in [0.15, 0.2) is 72.3 Å². The smallest absolute Gasteiger partial charge is 0.288 e. The molecule has 4 aromatic rings. The Labute approximate surface area is 209 Å². The second-order valence-corrected chi connectivity index (χ2v) is 8.57. The highest BCUT2D eigenvalue weighted by Crippen LogP contribution is 2.25. The molecule has 35 heavy (non-hydrogen) atoms. The fourth-order valence-corrected chi connectivity index (χ4v) is 3.97. The van der Waals surface area contributed by atoms with Crippen LogP contribution in [0.3, 0.4) is 0 Å². The van der Waals surface area contributed by atoms with Crippen molar-refractivity contribution < 1.29 is 14.5 Å². The highest BCUT2D eigenvalue weighted by atomic mass is 35.5. The van der Waals surface area contributed by atoms with Crippen LogP contribution in [0.25, 0.3) is 23.3 Å². The minimum absolute atomic E-state index is 0.0471. The zero-order valence-corrected chi connectivity index (χ0v) is 19.7. The van der Waals surface area contributed by atoms with Crippen LogP contribution < -0.4 is 4.74 Å². The second-order valence-electron chi connectivity index (χ2n) is 7.08. The number of fused-ring (bicyclic) bond motifs is 1. The second kappa shape index (κ2) is 11.4. The lowest BCUT2D eigenvalue weighted by atomic mass is 10.1. The number of nitro groups is 1. The average Bonchev–Trinajstić information content (AvgIpc) is 3.35. The first kappa shape index (κ1) is 24.1. The molecule has 0 atom stereocenters. The molecule has 0 saturated heterocycles. The van der Waals surface area contributed by atoms with E-state index in [0.29, 0.717) is 29.3 Å². The number of hydrogen-bond acceptors (Lipinski definition) is 8. The number of allylic oxidation sites excluding steroid dienone is 2. The number of nitrogens with zero attached hydrogens (tertiary/aromatic N) is 4. The monoisotopic (exact) mass is 507 g/mol. The molecule has 1 N–H and O–H groups in total. The van der Waals surface area contributed by atoms with E-state index >= 15 is 0 Å². The van der Waals surface area contributed by atoms with Gasteiger partial charge >= 0.3 is 0 Å². The highest BCUT2D eigenvalue weighted by molar-refractivity contribution is 7.99. The van der Waals surface area contributed by atoms with E-state index in [-0.39, 0.29) is 16.5 Å². The molecule has 0 aliphatic rings. The van der Waals surface area contributed by atoms with E-state index in [1.54, 1.807) is 30.2 Å². The van der Waals surface area contributed by atoms with E-state index in [1.807, 2.05) is 24.3 Å². The molecule has 11 heteroatoms. The Morgan fingerprint density at radius 2 is 1.83 bits per heavy atom. The van der Waals surface area contributed by atoms with Gasteiger partial charge in [0.1, 0.15) is 27.6 Å². The summed E-state index contributed by atoms with van der Waals surface area (Å²) >= 11 is 7.35. The molecule has 2 heterocycles. The number of ether oxygens (including phenoxy) is 1. The molecule has 4 rings (SSSR count). The first-order valence-electron chi connectivity index (χ1n) is 10.3. The van der Waals surface area contributed by atoms with Crippen molar-refractivity contribution in [3.05, 3.63) is 93.5 Å². The number of hydrogen-bond donors (Lipinski definition) is 1. The summed E-state index contributed by atoms with van der Waals surface area (Å²) < 4.78 is 5.77. The third-order valence-corrected chi connectivity index (χ3v) is 5.98. The van der Waals surface area contributed by atoms with Crippen molar-refractivity contribution in [2.45, 2.75) is 5.03 Å². The standard InChI is InChI=1S/C24H18ClN5O4S/c25-20-10-5-17(13-21(20)30(32)33)2-7-18(31)6-1-16-3-8-19(9-4-16)34-11-12-35-24-22-23(27-14-26-22)28-15-29-24/h1-10,13-15H,11-12H2,(H,26,27,28,29)/b6-1+,7-2+. The van der Waals surface area contributed by atoms with Crippen molar-refractivity contribution in [2.75, 3.05) is 12.4 Å². The number of rotatable bonds is 10. The molecule has 0 fully saturated rings. The van der Waals surface area contributed by atoms with E-state index in [1.165, 1.54) is 36.7 Å². The number of imidazole rings is 1. The molecule has 0 amide bonds. The van der Waals surface area contributed by atoms with Crippen LogP contribution in [0.1, 0.15) is 11.1 Å². The van der Waals surface area contributed by atoms with Gasteiger partial charge in [-0.25, -0.2) is 15.0 Å². The molecule has 0 aliphatic carbocycles. The molecule has 176 valence electrons. The predicted octanol–water partition coefficient (Wildman–Crippen LogP) is 5.38. The third-order valence-electron chi connectivity index (χ3n) is 4.71. The van der Waals surface area contributed by atoms with E-state index in [0.717, 1.165) is 16.1 Å². The maximum absolute atomic E-state index is 12.1. The molecule has 9 nitrogen and oxygen atoms in total. The number of aromatic nitrogens is 4. The quantitative estimate of drug-likeness (QED) is 0.0757. The van der Waals surface area contributed by atoms with Crippen LogP contribution >= 0.6 is 23.4 Å². The SMILES string of the molecule is O=C(/C=C/c1ccc(OCCSc2ncnc3nc[nH]c23)cc1)/C=C/c1ccc(Cl)c([N+](=O)[O-])c1. The average molecular weight is 508 g/mol. The number of thioether (sulfide) groups is 1. The molecular formula is C24H18ClN5O4S. The van der Waals surface area contributed by atoms with Crippen molar-refractivity contribution >= 4 is 58.1 Å². The lowest BCUT2D eigenvalue weighted by Crippen LogP contribution is -2.00. The maximum Gasteiger partial charge on any atom is 0.288 e. The normalized spacial score (nSPS) is 11.5. The molecule has 0 aliphatic heterocycles. The number of nitro benzene ring substituents is 1. The Morgan fingerprint density at radius 3 is 2.60 bits per heavy atom. The minimum Gasteiger partial charge on any atom is -0.493 e. The Kier molecular flexibility index (Phi) is 7.86. The van der Waals surface area contributed by atoms with Gasteiger partial charge < -0.3 is 9.72 Å². The summed E-state index contributed by atoms with van der Waals surface area (Å²) in [5.41, 5.74) is 2.58. The number of carbonyl (C=O) groups excluding carboxylic acids is 1. The van der Waals surface area contributed by atoms with Crippen molar-refractivity contribution in [1.82, 2.24) is 19.9 Å². The zero-order chi connectivity index (χ0) is 24.6. The van der Waals surface area contributed by atoms with E-state index in [2.05, 4.69) is 19.9 Å². The number of nitrogens with one attached hydrogen (secondary N) is 1. The van der Waals surface area contributed by atoms with E-state index < -0.39 is 4.92 Å². The van der Waals surface area contributed by atoms with E-state index in [4.69, 9.17) is 16.3 Å². The van der Waals surface area contributed by atoms with Crippen molar-refractivity contribution in [3.63, 3.8) is 0 Å². The summed E-state index contributed by atoms with van der Waals surface area (Å²) in [6, 6.07) is 11.7. The Morgan fingerprint density at radius 1 is 1.09 bits per heavy atom. The lowest BCUT2D eigenvalue weighted by Gasteiger charge is -2.06. The van der Waals surface area contributed by atoms with Gasteiger partial charge in [0.2, 0.25) is 0 Å². The molecule has 0 unspecified atom stereocenters. The topological polar surface area (TPSA) is 124 Å². The van der Waals surface area contributed by atoms with Gasteiger partial charge in [-0.05, 0) is 41.5 Å². The van der Waals surface area contributed by atoms with Gasteiger partial charge in [0, 0.05) is 11.8 Å². The number of ketones is 1. The van der Waals surface area contributed by atoms with Gasteiger partial charge in [0.15, 0.2) is 11.4 Å². The number of benzene rings is 2. The van der Waals surface area contributed by atoms with Crippen LogP contribution in [0.2, 0.25) is 5.02 Å². The summed E-state index contributed by atoms with van der Waals surface area (Å²) in [4.78, 5) is 38.0. The first-order chi connectivity index (χ1) is 17.0. The van der Waals surface area contributed by atoms with Crippen molar-refractivity contribution in [1.29, 1.82) is 0 Å². The van der Waals surface area contributed by atoms with Crippen LogP contribution in [0.5, 0.6) is 5.75 Å². The molecule has 2 aromatic carbocycles. The van der Waals surface area contributed by atoms with Crippen molar-refractivity contribution in [2.24, 2.45) is 0 Å². The van der Waals surface area contributed by atoms with Crippen LogP contribution in [0, 0.1) is 10.1 Å². The zero-order valence-electron chi connectivity index (χ0n) is 18.1. The summed E-state index contributed by atoms with van der Waals surface area (Å²) in [6.45, 7) is 0.492. The van der Waals surface area contributed by atoms with Crippen LogP contribution in [-0.4, -0.2) is 43.0 Å². The first-order valence-corrected chi connectivity index (χ1v) is 11.7. The molecule has 0 radical (unpaired) electrons. The summed E-state index contributed by atoms with van der Waals surface area (Å²) in [5, 5.41) is 11.8. The Hall–Kier alpha value is -4.02. The predicted molar refractivity (Wildman–Crippen MR) is 136 cm³/mol. The molecule has 0 spiro atoms. The molecule has 0 saturated carbocycles. The highest BCUT2D eigenvalue weighted by Gasteiger charge is 2.11. The molecular weight excluding hydrogens is 490 g/mol. The summed E-state index contributed by atoms with van der Waals surface area (Å²) in [6.07, 6.45) is 9.03. The van der Waals surface area contributed by atoms with Gasteiger partial charge in [0.25, 0.3) is 5.69 Å². The van der Waals surface area contributed by atoms with Crippen LogP contribution in [0.4, 0.5) is 5.69 Å². The van der Waals surface area contributed by atoms with Crippen LogP contribution in [-0.2, 0) is 4.79 Å².